The van der Waals surface area contributed by atoms with Crippen LogP contribution in [0, 0.1) is 0 Å². The van der Waals surface area contributed by atoms with Gasteiger partial charge in [-0.15, -0.1) is 0 Å². The zero-order chi connectivity index (χ0) is 19.9. The third-order valence-corrected chi connectivity index (χ3v) is 2.21. The van der Waals surface area contributed by atoms with Gasteiger partial charge in [-0.05, 0) is 24.3 Å². The maximum absolute atomic E-state index is 11.5. The minimum Gasteiger partial charge on any atom is -0.392 e. The zero-order valence-electron chi connectivity index (χ0n) is 13.2. The third-order valence-electron chi connectivity index (χ3n) is 2.21. The number of hydrogen-bond acceptors (Lipinski definition) is 10. The van der Waals surface area contributed by atoms with E-state index in [4.69, 9.17) is 28.8 Å². The summed E-state index contributed by atoms with van der Waals surface area (Å²) in [5, 5.41) is 0. The van der Waals surface area contributed by atoms with E-state index in [1.807, 2.05) is 0 Å². The van der Waals surface area contributed by atoms with Crippen LogP contribution in [0.15, 0.2) is 60.7 Å². The molecule has 0 aliphatic rings. The number of rotatable bonds is 2. The topological polar surface area (TPSA) is 174 Å². The normalized spacial score (nSPS) is 9.38. The van der Waals surface area contributed by atoms with Crippen molar-refractivity contribution in [3.63, 3.8) is 0 Å². The Morgan fingerprint density at radius 3 is 1.04 bits per heavy atom. The van der Waals surface area contributed by atoms with Gasteiger partial charge in [0, 0.05) is 0 Å². The minimum atomic E-state index is -3.14. The molecule has 26 heavy (non-hydrogen) atoms. The number of hydrogen-bond donors (Lipinski definition) is 6. The van der Waals surface area contributed by atoms with E-state index in [9.17, 15) is 9.59 Å². The van der Waals surface area contributed by atoms with Crippen LogP contribution in [0.25, 0.3) is 0 Å². The van der Waals surface area contributed by atoms with Crippen LogP contribution in [0.2, 0.25) is 0 Å². The molecule has 2 rings (SSSR count). The fourth-order valence-electron chi connectivity index (χ4n) is 1.32. The Morgan fingerprint density at radius 1 is 0.577 bits per heavy atom. The summed E-state index contributed by atoms with van der Waals surface area (Å²) in [5.74, 6) is -1.42. The maximum atomic E-state index is 11.5. The molecule has 0 fully saturated rings. The van der Waals surface area contributed by atoms with Crippen LogP contribution in [0.3, 0.4) is 0 Å². The molecule has 0 aliphatic heterocycles. The molecule has 0 aromatic heterocycles. The van der Waals surface area contributed by atoms with Gasteiger partial charge in [0.15, 0.2) is 0 Å². The molecule has 0 atom stereocenters. The predicted molar refractivity (Wildman–Crippen MR) is 91.3 cm³/mol. The Labute approximate surface area is 151 Å². The lowest BCUT2D eigenvalue weighted by Crippen LogP contribution is -2.11. The summed E-state index contributed by atoms with van der Waals surface area (Å²) < 4.78 is 0. The van der Waals surface area contributed by atoms with Gasteiger partial charge in [0.2, 0.25) is 0 Å². The van der Waals surface area contributed by atoms with E-state index in [-0.39, 0.29) is 0 Å². The molecule has 0 spiro atoms. The molecule has 0 saturated heterocycles. The molecule has 10 nitrogen and oxygen atoms in total. The van der Waals surface area contributed by atoms with Crippen LogP contribution < -0.4 is 0 Å². The molecule has 0 bridgehead atoms. The van der Waals surface area contributed by atoms with Crippen molar-refractivity contribution < 1.29 is 48.1 Å². The molecule has 6 N–H and O–H groups in total. The molecule has 0 aliphatic carbocycles. The summed E-state index contributed by atoms with van der Waals surface area (Å²) >= 11 is 0. The molecular weight excluding hydrogens is 384 g/mol. The van der Waals surface area contributed by atoms with Crippen molar-refractivity contribution in [1.82, 2.24) is 0 Å². The van der Waals surface area contributed by atoms with Gasteiger partial charge in [0.1, 0.15) is 0 Å². The lowest BCUT2D eigenvalue weighted by Gasteiger charge is -2.02. The second-order valence-corrected chi connectivity index (χ2v) is 5.55. The smallest absolute Gasteiger partial charge is 0.392 e. The van der Waals surface area contributed by atoms with Gasteiger partial charge in [0.05, 0.1) is 11.1 Å². The quantitative estimate of drug-likeness (QED) is 0.187. The summed E-state index contributed by atoms with van der Waals surface area (Å²) in [6.07, 6.45) is 0. The largest absolute Gasteiger partial charge is 0.475 e. The van der Waals surface area contributed by atoms with Crippen molar-refractivity contribution in [2.75, 3.05) is 0 Å². The molecule has 0 heterocycles. The van der Waals surface area contributed by atoms with Gasteiger partial charge in [0.25, 0.3) is 0 Å². The van der Waals surface area contributed by atoms with Crippen LogP contribution in [0.1, 0.15) is 20.7 Å². The van der Waals surface area contributed by atoms with E-state index in [0.29, 0.717) is 11.1 Å². The van der Waals surface area contributed by atoms with E-state index in [1.54, 1.807) is 60.7 Å². The zero-order valence-corrected chi connectivity index (χ0v) is 15.6. The molecule has 2 aromatic carbocycles. The summed E-state index contributed by atoms with van der Waals surface area (Å²) in [6.45, 7) is 0. The molecule has 0 unspecified atom stereocenters. The molecule has 142 valence electrons. The highest BCUT2D eigenvalue weighted by molar-refractivity contribution is 6.30. The van der Waals surface area contributed by atoms with Gasteiger partial charge in [-0.3, -0.25) is 0 Å². The Morgan fingerprint density at radius 2 is 0.808 bits per heavy atom. The molecule has 2 aromatic rings. The van der Waals surface area contributed by atoms with Gasteiger partial charge < -0.3 is 28.8 Å². The average Bonchev–Trinajstić information content (AvgIpc) is 2.60. The van der Waals surface area contributed by atoms with Gasteiger partial charge in [-0.25, -0.2) is 19.4 Å². The molecule has 0 amide bonds. The van der Waals surface area contributed by atoms with Gasteiger partial charge >= 0.3 is 31.0 Å². The summed E-state index contributed by atoms with van der Waals surface area (Å²) in [7, 11) is -6.28. The summed E-state index contributed by atoms with van der Waals surface area (Å²) in [6, 6.07) is 16.6. The van der Waals surface area contributed by atoms with Crippen molar-refractivity contribution in [3.05, 3.63) is 71.8 Å². The Bertz CT molecular complexity index is 574. The lowest BCUT2D eigenvalue weighted by atomic mass is 10.2. The first-order valence-corrected chi connectivity index (χ1v) is 9.95. The fraction of sp³-hybridized carbons (Fsp3) is 0. The predicted octanol–water partition coefficient (Wildman–Crippen LogP) is -2.02. The Hall–Kier alpha value is -2.43. The average molecular weight is 402 g/mol. The Balaban J connectivity index is 0.000000662. The van der Waals surface area contributed by atoms with Crippen LogP contribution in [-0.2, 0) is 9.78 Å². The standard InChI is InChI=1S/C14H10O4.2H4O3Si/c15-13(11-7-3-1-4-8-11)17-18-14(16)12-9-5-2-6-10-12;2*1-4(2)3/h1-10H;2*1-4H. The van der Waals surface area contributed by atoms with E-state index in [2.05, 4.69) is 9.78 Å². The van der Waals surface area contributed by atoms with Crippen LogP contribution in [0.5, 0.6) is 0 Å². The van der Waals surface area contributed by atoms with Crippen molar-refractivity contribution >= 4 is 31.0 Å². The van der Waals surface area contributed by atoms with Crippen molar-refractivity contribution in [3.8, 4) is 0 Å². The lowest BCUT2D eigenvalue weighted by molar-refractivity contribution is -0.187. The van der Waals surface area contributed by atoms with E-state index < -0.39 is 31.0 Å². The second-order valence-electron chi connectivity index (χ2n) is 4.17. The monoisotopic (exact) mass is 402 g/mol. The molecule has 0 saturated carbocycles. The van der Waals surface area contributed by atoms with Gasteiger partial charge in [-0.1, -0.05) is 36.4 Å². The Kier molecular flexibility index (Phi) is 12.5. The fourth-order valence-corrected chi connectivity index (χ4v) is 1.32. The maximum Gasteiger partial charge on any atom is 0.475 e. The molecule has 0 radical (unpaired) electrons. The minimum absolute atomic E-state index is 0.318. The highest BCUT2D eigenvalue weighted by Gasteiger charge is 2.12. The first-order valence-electron chi connectivity index (χ1n) is 6.85. The van der Waals surface area contributed by atoms with Crippen LogP contribution in [0.4, 0.5) is 0 Å². The summed E-state index contributed by atoms with van der Waals surface area (Å²) in [5.41, 5.74) is 0.636. The molecule has 12 heteroatoms. The SMILES string of the molecule is O=C(OOC(=O)c1ccccc1)c1ccccc1.O[SiH](O)O.O[SiH](O)O. The number of carbonyl (C=O) groups excluding carboxylic acids is 2. The number of benzene rings is 2. The first-order chi connectivity index (χ1) is 12.2. The van der Waals surface area contributed by atoms with Crippen LogP contribution in [-0.4, -0.2) is 59.8 Å². The van der Waals surface area contributed by atoms with Gasteiger partial charge in [-0.2, -0.15) is 0 Å². The van der Waals surface area contributed by atoms with E-state index >= 15 is 0 Å². The van der Waals surface area contributed by atoms with Crippen molar-refractivity contribution in [1.29, 1.82) is 0 Å². The number of carbonyl (C=O) groups is 2. The van der Waals surface area contributed by atoms with E-state index in [0.717, 1.165) is 0 Å². The molecular formula is C14H18O10Si2. The van der Waals surface area contributed by atoms with Crippen molar-refractivity contribution in [2.45, 2.75) is 0 Å². The second kappa shape index (κ2) is 13.8. The third kappa shape index (κ3) is 12.9. The van der Waals surface area contributed by atoms with Crippen molar-refractivity contribution in [2.24, 2.45) is 0 Å². The van der Waals surface area contributed by atoms with Crippen LogP contribution >= 0.6 is 0 Å². The van der Waals surface area contributed by atoms with E-state index in [1.165, 1.54) is 0 Å². The highest BCUT2D eigenvalue weighted by atomic mass is 28.3. The first kappa shape index (κ1) is 23.6. The summed E-state index contributed by atoms with van der Waals surface area (Å²) in [4.78, 5) is 75.7. The highest BCUT2D eigenvalue weighted by Crippen LogP contribution is 2.05.